The summed E-state index contributed by atoms with van der Waals surface area (Å²) < 4.78 is 0. The Kier molecular flexibility index (Phi) is 8.65. The summed E-state index contributed by atoms with van der Waals surface area (Å²) in [4.78, 5) is 24.2. The first-order chi connectivity index (χ1) is 16.0. The SMILES string of the molecule is CC(C)=CCCC(C)C1C=CC2(C(=O)O)C(/C=C(/C)C3CCC(C(=O)O)CC3)C=C(C)CC2C1. The second-order valence-corrected chi connectivity index (χ2v) is 11.6. The topological polar surface area (TPSA) is 74.6 Å². The molecule has 0 aromatic rings. The number of allylic oxidation sites excluding steroid dienone is 7. The lowest BCUT2D eigenvalue weighted by Crippen LogP contribution is -2.47. The zero-order chi connectivity index (χ0) is 25.0. The molecule has 188 valence electrons. The van der Waals surface area contributed by atoms with Crippen LogP contribution in [-0.4, -0.2) is 22.2 Å². The maximum Gasteiger partial charge on any atom is 0.314 e. The molecule has 0 amide bonds. The van der Waals surface area contributed by atoms with Gasteiger partial charge in [-0.05, 0) is 103 Å². The van der Waals surface area contributed by atoms with E-state index in [9.17, 15) is 19.8 Å². The number of fused-ring (bicyclic) bond motifs is 1. The Balaban J connectivity index is 1.82. The van der Waals surface area contributed by atoms with Crippen LogP contribution < -0.4 is 0 Å². The van der Waals surface area contributed by atoms with E-state index >= 15 is 0 Å². The van der Waals surface area contributed by atoms with Gasteiger partial charge in [0.2, 0.25) is 0 Å². The van der Waals surface area contributed by atoms with Gasteiger partial charge < -0.3 is 10.2 Å². The largest absolute Gasteiger partial charge is 0.481 e. The van der Waals surface area contributed by atoms with Gasteiger partial charge in [-0.2, -0.15) is 0 Å². The Morgan fingerprint density at radius 2 is 1.76 bits per heavy atom. The molecule has 0 heterocycles. The molecule has 0 aromatic heterocycles. The molecule has 5 atom stereocenters. The molecule has 0 bridgehead atoms. The Morgan fingerprint density at radius 1 is 1.12 bits per heavy atom. The lowest BCUT2D eigenvalue weighted by Gasteiger charge is -2.47. The van der Waals surface area contributed by atoms with Crippen LogP contribution in [0.25, 0.3) is 0 Å². The van der Waals surface area contributed by atoms with Crippen LogP contribution in [0.1, 0.15) is 86.0 Å². The number of carbonyl (C=O) groups is 2. The molecule has 2 N–H and O–H groups in total. The fraction of sp³-hybridized carbons (Fsp3) is 0.667. The van der Waals surface area contributed by atoms with Crippen LogP contribution in [0.2, 0.25) is 0 Å². The summed E-state index contributed by atoms with van der Waals surface area (Å²) in [6.07, 6.45) is 18.1. The van der Waals surface area contributed by atoms with Crippen LogP contribution in [-0.2, 0) is 9.59 Å². The van der Waals surface area contributed by atoms with Crippen molar-refractivity contribution in [2.45, 2.75) is 86.0 Å². The van der Waals surface area contributed by atoms with E-state index in [-0.39, 0.29) is 17.8 Å². The maximum atomic E-state index is 12.8. The van der Waals surface area contributed by atoms with Crippen molar-refractivity contribution in [1.29, 1.82) is 0 Å². The Hall–Kier alpha value is -2.10. The average Bonchev–Trinajstić information content (AvgIpc) is 2.78. The minimum atomic E-state index is -0.880. The molecule has 5 unspecified atom stereocenters. The van der Waals surface area contributed by atoms with Gasteiger partial charge >= 0.3 is 11.9 Å². The van der Waals surface area contributed by atoms with Gasteiger partial charge in [0.25, 0.3) is 0 Å². The zero-order valence-corrected chi connectivity index (χ0v) is 21.7. The fourth-order valence-electron chi connectivity index (χ4n) is 6.62. The van der Waals surface area contributed by atoms with Crippen LogP contribution in [0, 0.1) is 40.9 Å². The smallest absolute Gasteiger partial charge is 0.314 e. The summed E-state index contributed by atoms with van der Waals surface area (Å²) in [5, 5.41) is 19.9. The van der Waals surface area contributed by atoms with Gasteiger partial charge in [-0.25, -0.2) is 0 Å². The van der Waals surface area contributed by atoms with Gasteiger partial charge in [0, 0.05) is 5.92 Å². The predicted octanol–water partition coefficient (Wildman–Crippen LogP) is 7.44. The van der Waals surface area contributed by atoms with E-state index in [1.807, 2.05) is 6.08 Å². The van der Waals surface area contributed by atoms with Gasteiger partial charge in [-0.15, -0.1) is 0 Å². The lowest BCUT2D eigenvalue weighted by molar-refractivity contribution is -0.152. The van der Waals surface area contributed by atoms with Crippen LogP contribution in [0.3, 0.4) is 0 Å². The van der Waals surface area contributed by atoms with Crippen molar-refractivity contribution >= 4 is 11.9 Å². The van der Waals surface area contributed by atoms with Gasteiger partial charge in [0.05, 0.1) is 11.3 Å². The number of hydrogen-bond acceptors (Lipinski definition) is 2. The van der Waals surface area contributed by atoms with E-state index in [1.54, 1.807) is 0 Å². The van der Waals surface area contributed by atoms with Gasteiger partial charge in [0.15, 0.2) is 0 Å². The first-order valence-electron chi connectivity index (χ1n) is 13.2. The summed E-state index contributed by atoms with van der Waals surface area (Å²) in [5.74, 6) is -0.367. The van der Waals surface area contributed by atoms with E-state index in [0.29, 0.717) is 30.6 Å². The molecule has 0 aromatic carbocycles. The van der Waals surface area contributed by atoms with Crippen LogP contribution >= 0.6 is 0 Å². The molecule has 4 heteroatoms. The van der Waals surface area contributed by atoms with Crippen molar-refractivity contribution in [3.05, 3.63) is 47.1 Å². The van der Waals surface area contributed by atoms with Crippen molar-refractivity contribution < 1.29 is 19.8 Å². The monoisotopic (exact) mass is 468 g/mol. The molecule has 0 saturated heterocycles. The molecular weight excluding hydrogens is 424 g/mol. The summed E-state index contributed by atoms with van der Waals surface area (Å²) in [6, 6.07) is 0. The van der Waals surface area contributed by atoms with Gasteiger partial charge in [-0.3, -0.25) is 9.59 Å². The molecule has 3 rings (SSSR count). The second-order valence-electron chi connectivity index (χ2n) is 11.6. The normalized spacial score (nSPS) is 34.6. The number of aliphatic carboxylic acids is 2. The summed E-state index contributed by atoms with van der Waals surface area (Å²) in [5.41, 5.74) is 2.99. The third kappa shape index (κ3) is 5.75. The minimum Gasteiger partial charge on any atom is -0.481 e. The van der Waals surface area contributed by atoms with Crippen molar-refractivity contribution in [3.63, 3.8) is 0 Å². The van der Waals surface area contributed by atoms with E-state index in [0.717, 1.165) is 38.5 Å². The first kappa shape index (κ1) is 26.5. The fourth-order valence-corrected chi connectivity index (χ4v) is 6.62. The molecule has 0 aliphatic heterocycles. The van der Waals surface area contributed by atoms with E-state index in [1.165, 1.54) is 16.7 Å². The second kappa shape index (κ2) is 11.1. The summed E-state index contributed by atoms with van der Waals surface area (Å²) in [6.45, 7) is 10.8. The molecular formula is C30H44O4. The van der Waals surface area contributed by atoms with Crippen LogP contribution in [0.4, 0.5) is 0 Å². The lowest BCUT2D eigenvalue weighted by atomic mass is 9.55. The van der Waals surface area contributed by atoms with Crippen LogP contribution in [0.5, 0.6) is 0 Å². The van der Waals surface area contributed by atoms with Gasteiger partial charge in [0.1, 0.15) is 0 Å². The molecule has 3 aliphatic rings. The van der Waals surface area contributed by atoms with E-state index < -0.39 is 17.4 Å². The molecule has 4 nitrogen and oxygen atoms in total. The number of carboxylic acid groups (broad SMARTS) is 2. The number of carboxylic acids is 2. The minimum absolute atomic E-state index is 0.104. The van der Waals surface area contributed by atoms with E-state index in [4.69, 9.17) is 0 Å². The molecule has 34 heavy (non-hydrogen) atoms. The summed E-state index contributed by atoms with van der Waals surface area (Å²) >= 11 is 0. The molecule has 1 fully saturated rings. The quantitative estimate of drug-likeness (QED) is 0.363. The molecule has 3 aliphatic carbocycles. The predicted molar refractivity (Wildman–Crippen MR) is 137 cm³/mol. The Morgan fingerprint density at radius 3 is 2.35 bits per heavy atom. The van der Waals surface area contributed by atoms with Crippen molar-refractivity contribution in [2.75, 3.05) is 0 Å². The molecule has 0 spiro atoms. The number of rotatable bonds is 8. The highest BCUT2D eigenvalue weighted by molar-refractivity contribution is 5.80. The Labute approximate surface area is 205 Å². The Bertz CT molecular complexity index is 879. The summed E-state index contributed by atoms with van der Waals surface area (Å²) in [7, 11) is 0. The highest BCUT2D eigenvalue weighted by Gasteiger charge is 2.52. The third-order valence-electron chi connectivity index (χ3n) is 8.87. The molecule has 0 radical (unpaired) electrons. The zero-order valence-electron chi connectivity index (χ0n) is 21.7. The number of hydrogen-bond donors (Lipinski definition) is 2. The van der Waals surface area contributed by atoms with Crippen molar-refractivity contribution in [3.8, 4) is 0 Å². The first-order valence-corrected chi connectivity index (χ1v) is 13.2. The van der Waals surface area contributed by atoms with Gasteiger partial charge in [-0.1, -0.05) is 54.0 Å². The maximum absolute atomic E-state index is 12.8. The van der Waals surface area contributed by atoms with Crippen molar-refractivity contribution in [2.24, 2.45) is 40.9 Å². The standard InChI is InChI=1S/C30H44O4/c1-19(2)7-6-8-21(4)25-13-14-30(29(33)34)26(15-20(3)16-27(30)18-25)17-22(5)23-9-11-24(12-10-23)28(31)32/h7,13-15,17,21,23-27H,6,8-12,16,18H2,1-5H3,(H,31,32)(H,33,34)/b22-17-. The highest BCUT2D eigenvalue weighted by atomic mass is 16.4. The average molecular weight is 469 g/mol. The highest BCUT2D eigenvalue weighted by Crippen LogP contribution is 2.53. The van der Waals surface area contributed by atoms with Crippen LogP contribution in [0.15, 0.2) is 47.1 Å². The van der Waals surface area contributed by atoms with Crippen molar-refractivity contribution in [1.82, 2.24) is 0 Å². The third-order valence-corrected chi connectivity index (χ3v) is 8.87. The van der Waals surface area contributed by atoms with E-state index in [2.05, 4.69) is 58.9 Å². The molecule has 1 saturated carbocycles.